The Balaban J connectivity index is 1.59. The molecule has 6 nitrogen and oxygen atoms in total. The molecular formula is C23H21N5O. The molecule has 0 fully saturated rings. The smallest absolute Gasteiger partial charge is 0.274 e. The third-order valence-corrected chi connectivity index (χ3v) is 4.56. The van der Waals surface area contributed by atoms with Gasteiger partial charge in [0.15, 0.2) is 0 Å². The number of nitrogens with one attached hydrogen (secondary N) is 1. The maximum atomic E-state index is 12.9. The number of aromatic nitrogens is 3. The highest BCUT2D eigenvalue weighted by atomic mass is 16.1. The minimum Gasteiger partial charge on any atom is -0.340 e. The summed E-state index contributed by atoms with van der Waals surface area (Å²) in [5, 5.41) is 3.90. The maximum absolute atomic E-state index is 12.9. The van der Waals surface area contributed by atoms with Gasteiger partial charge in [-0.3, -0.25) is 9.78 Å². The topological polar surface area (TPSA) is 71.0 Å². The number of aryl methyl sites for hydroxylation is 1. The van der Waals surface area contributed by atoms with Gasteiger partial charge in [0.1, 0.15) is 5.69 Å². The first-order chi connectivity index (χ1) is 14.1. The number of para-hydroxylation sites is 1. The van der Waals surface area contributed by atoms with Crippen LogP contribution in [0.4, 0.5) is 11.6 Å². The van der Waals surface area contributed by atoms with E-state index in [0.29, 0.717) is 23.9 Å². The van der Waals surface area contributed by atoms with Gasteiger partial charge in [-0.05, 0) is 30.7 Å². The molecule has 0 unspecified atom stereocenters. The lowest BCUT2D eigenvalue weighted by Crippen LogP contribution is -2.22. The van der Waals surface area contributed by atoms with Gasteiger partial charge >= 0.3 is 0 Å². The van der Waals surface area contributed by atoms with Crippen LogP contribution in [0.25, 0.3) is 10.9 Å². The summed E-state index contributed by atoms with van der Waals surface area (Å²) in [6.07, 6.45) is 1.71. The van der Waals surface area contributed by atoms with Crippen LogP contribution in [-0.4, -0.2) is 27.9 Å². The van der Waals surface area contributed by atoms with Crippen molar-refractivity contribution in [3.8, 4) is 0 Å². The van der Waals surface area contributed by atoms with Crippen molar-refractivity contribution in [1.29, 1.82) is 0 Å². The average Bonchev–Trinajstić information content (AvgIpc) is 2.74. The SMILES string of the molecule is Cc1cc(C(=O)Nc2cccc3cccnc23)nc(N(C)Cc2ccccc2)n1. The highest BCUT2D eigenvalue weighted by Crippen LogP contribution is 2.21. The predicted molar refractivity (Wildman–Crippen MR) is 115 cm³/mol. The zero-order valence-corrected chi connectivity index (χ0v) is 16.3. The van der Waals surface area contributed by atoms with Crippen LogP contribution in [0.2, 0.25) is 0 Å². The van der Waals surface area contributed by atoms with Crippen LogP contribution in [0.15, 0.2) is 72.9 Å². The number of fused-ring (bicyclic) bond motifs is 1. The lowest BCUT2D eigenvalue weighted by atomic mass is 10.2. The van der Waals surface area contributed by atoms with Crippen molar-refractivity contribution in [2.45, 2.75) is 13.5 Å². The summed E-state index contributed by atoms with van der Waals surface area (Å²) in [6, 6.07) is 21.3. The van der Waals surface area contributed by atoms with Gasteiger partial charge in [0, 0.05) is 30.9 Å². The summed E-state index contributed by atoms with van der Waals surface area (Å²) >= 11 is 0. The fraction of sp³-hybridized carbons (Fsp3) is 0.130. The number of anilines is 2. The Hall–Kier alpha value is -3.80. The van der Waals surface area contributed by atoms with Gasteiger partial charge < -0.3 is 10.2 Å². The Bertz CT molecular complexity index is 1150. The van der Waals surface area contributed by atoms with Crippen LogP contribution in [0.5, 0.6) is 0 Å². The number of carbonyl (C=O) groups is 1. The van der Waals surface area contributed by atoms with E-state index in [1.165, 1.54) is 0 Å². The van der Waals surface area contributed by atoms with Gasteiger partial charge in [0.05, 0.1) is 11.2 Å². The summed E-state index contributed by atoms with van der Waals surface area (Å²) in [5.74, 6) is 0.220. The maximum Gasteiger partial charge on any atom is 0.274 e. The van der Waals surface area contributed by atoms with Crippen LogP contribution < -0.4 is 10.2 Å². The molecule has 29 heavy (non-hydrogen) atoms. The zero-order valence-electron chi connectivity index (χ0n) is 16.3. The van der Waals surface area contributed by atoms with Gasteiger partial charge in [-0.1, -0.05) is 48.5 Å². The van der Waals surface area contributed by atoms with E-state index in [2.05, 4.69) is 20.3 Å². The van der Waals surface area contributed by atoms with Crippen molar-refractivity contribution in [2.75, 3.05) is 17.3 Å². The minimum atomic E-state index is -0.289. The minimum absolute atomic E-state index is 0.289. The summed E-state index contributed by atoms with van der Waals surface area (Å²) in [5.41, 5.74) is 3.60. The molecule has 0 aliphatic rings. The molecule has 0 atom stereocenters. The van der Waals surface area contributed by atoms with Gasteiger partial charge in [-0.15, -0.1) is 0 Å². The third-order valence-electron chi connectivity index (χ3n) is 4.56. The summed E-state index contributed by atoms with van der Waals surface area (Å²) in [7, 11) is 1.91. The third kappa shape index (κ3) is 4.21. The Morgan fingerprint density at radius 2 is 1.79 bits per heavy atom. The van der Waals surface area contributed by atoms with Crippen molar-refractivity contribution >= 4 is 28.4 Å². The van der Waals surface area contributed by atoms with Gasteiger partial charge in [0.25, 0.3) is 5.91 Å². The van der Waals surface area contributed by atoms with Gasteiger partial charge in [-0.2, -0.15) is 0 Å². The Labute approximate surface area is 169 Å². The molecule has 1 N–H and O–H groups in total. The summed E-state index contributed by atoms with van der Waals surface area (Å²) in [4.78, 5) is 28.2. The van der Waals surface area contributed by atoms with Crippen LogP contribution in [0.1, 0.15) is 21.7 Å². The molecule has 0 saturated heterocycles. The molecule has 2 aromatic carbocycles. The summed E-state index contributed by atoms with van der Waals surface area (Å²) < 4.78 is 0. The molecule has 2 heterocycles. The molecular weight excluding hydrogens is 362 g/mol. The normalized spacial score (nSPS) is 10.7. The lowest BCUT2D eigenvalue weighted by Gasteiger charge is -2.18. The lowest BCUT2D eigenvalue weighted by molar-refractivity contribution is 0.102. The van der Waals surface area contributed by atoms with E-state index >= 15 is 0 Å². The van der Waals surface area contributed by atoms with E-state index < -0.39 is 0 Å². The molecule has 2 aromatic heterocycles. The number of hydrogen-bond acceptors (Lipinski definition) is 5. The van der Waals surface area contributed by atoms with E-state index in [-0.39, 0.29) is 5.91 Å². The fourth-order valence-electron chi connectivity index (χ4n) is 3.16. The van der Waals surface area contributed by atoms with E-state index in [1.54, 1.807) is 12.3 Å². The molecule has 0 saturated carbocycles. The molecule has 0 aliphatic heterocycles. The van der Waals surface area contributed by atoms with Crippen LogP contribution in [0.3, 0.4) is 0 Å². The first-order valence-corrected chi connectivity index (χ1v) is 9.36. The Morgan fingerprint density at radius 1 is 1.00 bits per heavy atom. The standard InChI is InChI=1S/C23H21N5O/c1-16-14-20(27-23(25-16)28(2)15-17-8-4-3-5-9-17)22(29)26-19-12-6-10-18-11-7-13-24-21(18)19/h3-14H,15H2,1-2H3,(H,26,29). The van der Waals surface area contributed by atoms with Crippen molar-refractivity contribution in [2.24, 2.45) is 0 Å². The number of nitrogens with zero attached hydrogens (tertiary/aromatic N) is 4. The molecule has 0 spiro atoms. The molecule has 0 aliphatic carbocycles. The largest absolute Gasteiger partial charge is 0.340 e. The second kappa shape index (κ2) is 8.06. The first-order valence-electron chi connectivity index (χ1n) is 9.36. The number of carbonyl (C=O) groups excluding carboxylic acids is 1. The van der Waals surface area contributed by atoms with E-state index in [9.17, 15) is 4.79 Å². The van der Waals surface area contributed by atoms with Crippen LogP contribution in [-0.2, 0) is 6.54 Å². The highest BCUT2D eigenvalue weighted by Gasteiger charge is 2.15. The van der Waals surface area contributed by atoms with E-state index in [1.807, 2.05) is 79.5 Å². The predicted octanol–water partition coefficient (Wildman–Crippen LogP) is 4.22. The number of benzene rings is 2. The molecule has 144 valence electrons. The number of hydrogen-bond donors (Lipinski definition) is 1. The van der Waals surface area contributed by atoms with Crippen molar-refractivity contribution in [1.82, 2.24) is 15.0 Å². The Morgan fingerprint density at radius 3 is 2.62 bits per heavy atom. The number of amides is 1. The van der Waals surface area contributed by atoms with Gasteiger partial charge in [0.2, 0.25) is 5.95 Å². The highest BCUT2D eigenvalue weighted by molar-refractivity contribution is 6.07. The second-order valence-corrected chi connectivity index (χ2v) is 6.87. The molecule has 1 amide bonds. The zero-order chi connectivity index (χ0) is 20.2. The van der Waals surface area contributed by atoms with Crippen molar-refractivity contribution in [3.05, 3.63) is 89.9 Å². The molecule has 0 radical (unpaired) electrons. The van der Waals surface area contributed by atoms with Crippen LogP contribution >= 0.6 is 0 Å². The van der Waals surface area contributed by atoms with E-state index in [0.717, 1.165) is 22.2 Å². The monoisotopic (exact) mass is 383 g/mol. The summed E-state index contributed by atoms with van der Waals surface area (Å²) in [6.45, 7) is 2.51. The van der Waals surface area contributed by atoms with Crippen molar-refractivity contribution in [3.63, 3.8) is 0 Å². The average molecular weight is 383 g/mol. The quantitative estimate of drug-likeness (QED) is 0.559. The van der Waals surface area contributed by atoms with Gasteiger partial charge in [-0.25, -0.2) is 9.97 Å². The number of pyridine rings is 1. The van der Waals surface area contributed by atoms with Crippen molar-refractivity contribution < 1.29 is 4.79 Å². The van der Waals surface area contributed by atoms with E-state index in [4.69, 9.17) is 0 Å². The molecule has 6 heteroatoms. The Kier molecular flexibility index (Phi) is 5.16. The molecule has 4 rings (SSSR count). The fourth-order valence-corrected chi connectivity index (χ4v) is 3.16. The number of rotatable bonds is 5. The molecule has 0 bridgehead atoms. The first kappa shape index (κ1) is 18.6. The molecule has 4 aromatic rings. The van der Waals surface area contributed by atoms with Crippen LogP contribution in [0, 0.1) is 6.92 Å². The second-order valence-electron chi connectivity index (χ2n) is 6.87.